The molecule has 1 aliphatic heterocycles. The number of aromatic amines is 1. The molecule has 2 aromatic heterocycles. The lowest BCUT2D eigenvalue weighted by Crippen LogP contribution is -2.30. The van der Waals surface area contributed by atoms with Gasteiger partial charge in [-0.05, 0) is 42.2 Å². The largest absolute Gasteiger partial charge is 0.338 e. The Kier molecular flexibility index (Phi) is 4.24. The fourth-order valence-corrected chi connectivity index (χ4v) is 4.35. The Morgan fingerprint density at radius 3 is 3.00 bits per heavy atom. The van der Waals surface area contributed by atoms with Crippen LogP contribution >= 0.6 is 11.8 Å². The molecule has 4 aromatic rings. The number of rotatable bonds is 4. The summed E-state index contributed by atoms with van der Waals surface area (Å²) in [6, 6.07) is 14.4. The number of nitrogens with zero attached hydrogens (tertiary/aromatic N) is 4. The Balaban J connectivity index is 1.36. The Bertz CT molecular complexity index is 1200. The van der Waals surface area contributed by atoms with Crippen LogP contribution in [0, 0.1) is 0 Å². The van der Waals surface area contributed by atoms with E-state index in [1.807, 2.05) is 23.1 Å². The van der Waals surface area contributed by atoms with Crippen molar-refractivity contribution in [1.82, 2.24) is 20.2 Å². The van der Waals surface area contributed by atoms with Crippen molar-refractivity contribution < 1.29 is 4.79 Å². The predicted molar refractivity (Wildman–Crippen MR) is 112 cm³/mol. The van der Waals surface area contributed by atoms with E-state index in [4.69, 9.17) is 0 Å². The molecule has 1 aliphatic rings. The number of fused-ring (bicyclic) bond motifs is 4. The fourth-order valence-electron chi connectivity index (χ4n) is 3.69. The van der Waals surface area contributed by atoms with Gasteiger partial charge in [-0.15, -0.1) is 10.2 Å². The number of hydrogen-bond donors (Lipinski definition) is 1. The third kappa shape index (κ3) is 2.92. The number of thioether (sulfide) groups is 1. The minimum atomic E-state index is 0.0721. The molecule has 0 saturated heterocycles. The zero-order chi connectivity index (χ0) is 19.1. The van der Waals surface area contributed by atoms with E-state index in [1.54, 1.807) is 0 Å². The van der Waals surface area contributed by atoms with Gasteiger partial charge in [0.1, 0.15) is 5.52 Å². The quantitative estimate of drug-likeness (QED) is 0.538. The molecule has 3 heterocycles. The van der Waals surface area contributed by atoms with Crippen LogP contribution in [0.25, 0.3) is 22.1 Å². The van der Waals surface area contributed by atoms with E-state index in [1.165, 1.54) is 22.9 Å². The van der Waals surface area contributed by atoms with Crippen LogP contribution in [0.1, 0.15) is 18.1 Å². The maximum Gasteiger partial charge on any atom is 0.237 e. The van der Waals surface area contributed by atoms with Gasteiger partial charge in [0.15, 0.2) is 5.65 Å². The smallest absolute Gasteiger partial charge is 0.237 e. The maximum atomic E-state index is 12.7. The standard InChI is InChI=1S/C21H19N5OS/c1-2-13-7-8-16-15(11-13)19-20(22-16)23-21(25-24-19)28-12-18(27)26-10-9-14-5-3-4-6-17(14)26/h3-8,11H,2,9-10,12H2,1H3,(H,22,23,25). The maximum absolute atomic E-state index is 12.7. The van der Waals surface area contributed by atoms with E-state index in [-0.39, 0.29) is 5.91 Å². The lowest BCUT2D eigenvalue weighted by atomic mass is 10.1. The number of carbonyl (C=O) groups excluding carboxylic acids is 1. The number of benzene rings is 2. The van der Waals surface area contributed by atoms with Crippen molar-refractivity contribution in [2.75, 3.05) is 17.2 Å². The molecule has 1 amide bonds. The summed E-state index contributed by atoms with van der Waals surface area (Å²) in [5.41, 5.74) is 5.98. The average Bonchev–Trinajstić information content (AvgIpc) is 3.32. The predicted octanol–water partition coefficient (Wildman–Crippen LogP) is 3.75. The molecule has 28 heavy (non-hydrogen) atoms. The fraction of sp³-hybridized carbons (Fsp3) is 0.238. The van der Waals surface area contributed by atoms with Gasteiger partial charge >= 0.3 is 0 Å². The van der Waals surface area contributed by atoms with Crippen molar-refractivity contribution in [3.8, 4) is 0 Å². The molecule has 0 atom stereocenters. The summed E-state index contributed by atoms with van der Waals surface area (Å²) in [6.07, 6.45) is 1.88. The number of aromatic nitrogens is 4. The summed E-state index contributed by atoms with van der Waals surface area (Å²) in [5, 5.41) is 10.2. The van der Waals surface area contributed by atoms with Crippen LogP contribution in [0.15, 0.2) is 47.6 Å². The minimum Gasteiger partial charge on any atom is -0.338 e. The lowest BCUT2D eigenvalue weighted by molar-refractivity contribution is -0.116. The van der Waals surface area contributed by atoms with Gasteiger partial charge in [-0.25, -0.2) is 4.98 Å². The van der Waals surface area contributed by atoms with Gasteiger partial charge < -0.3 is 9.88 Å². The van der Waals surface area contributed by atoms with E-state index in [2.05, 4.69) is 51.4 Å². The summed E-state index contributed by atoms with van der Waals surface area (Å²) in [7, 11) is 0. The lowest BCUT2D eigenvalue weighted by Gasteiger charge is -2.16. The topological polar surface area (TPSA) is 74.8 Å². The summed E-state index contributed by atoms with van der Waals surface area (Å²) in [6.45, 7) is 2.86. The van der Waals surface area contributed by atoms with Crippen LogP contribution in [-0.4, -0.2) is 38.4 Å². The summed E-state index contributed by atoms with van der Waals surface area (Å²) < 4.78 is 0. The van der Waals surface area contributed by atoms with Crippen molar-refractivity contribution in [1.29, 1.82) is 0 Å². The highest BCUT2D eigenvalue weighted by molar-refractivity contribution is 7.99. The number of nitrogens with one attached hydrogen (secondary N) is 1. The van der Waals surface area contributed by atoms with Crippen LogP contribution < -0.4 is 4.90 Å². The number of H-pyrrole nitrogens is 1. The van der Waals surface area contributed by atoms with E-state index in [9.17, 15) is 4.79 Å². The van der Waals surface area contributed by atoms with E-state index >= 15 is 0 Å². The Morgan fingerprint density at radius 1 is 1.21 bits per heavy atom. The minimum absolute atomic E-state index is 0.0721. The van der Waals surface area contributed by atoms with Gasteiger partial charge in [-0.1, -0.05) is 43.0 Å². The molecule has 140 valence electrons. The number of hydrogen-bond acceptors (Lipinski definition) is 5. The first-order valence-electron chi connectivity index (χ1n) is 9.39. The number of aryl methyl sites for hydroxylation is 1. The summed E-state index contributed by atoms with van der Waals surface area (Å²) >= 11 is 1.33. The van der Waals surface area contributed by atoms with Gasteiger partial charge in [0.25, 0.3) is 0 Å². The zero-order valence-electron chi connectivity index (χ0n) is 15.5. The second-order valence-electron chi connectivity index (χ2n) is 6.86. The molecule has 6 nitrogen and oxygen atoms in total. The van der Waals surface area contributed by atoms with E-state index in [0.29, 0.717) is 16.6 Å². The van der Waals surface area contributed by atoms with Crippen LogP contribution in [0.3, 0.4) is 0 Å². The molecular weight excluding hydrogens is 370 g/mol. The highest BCUT2D eigenvalue weighted by Gasteiger charge is 2.24. The number of amides is 1. The average molecular weight is 389 g/mol. The Labute approximate surface area is 166 Å². The van der Waals surface area contributed by atoms with Crippen LogP contribution in [0.2, 0.25) is 0 Å². The van der Waals surface area contributed by atoms with Crippen molar-refractivity contribution in [3.63, 3.8) is 0 Å². The van der Waals surface area contributed by atoms with Crippen molar-refractivity contribution in [3.05, 3.63) is 53.6 Å². The van der Waals surface area contributed by atoms with Crippen LogP contribution in [0.5, 0.6) is 0 Å². The molecule has 0 bridgehead atoms. The van der Waals surface area contributed by atoms with Gasteiger partial charge in [0.2, 0.25) is 11.1 Å². The molecule has 5 rings (SSSR count). The van der Waals surface area contributed by atoms with Crippen molar-refractivity contribution >= 4 is 45.4 Å². The first-order chi connectivity index (χ1) is 13.7. The molecule has 1 N–H and O–H groups in total. The second kappa shape index (κ2) is 6.91. The monoisotopic (exact) mass is 389 g/mol. The van der Waals surface area contributed by atoms with Crippen LogP contribution in [0.4, 0.5) is 5.69 Å². The normalized spacial score (nSPS) is 13.4. The number of anilines is 1. The van der Waals surface area contributed by atoms with Crippen molar-refractivity contribution in [2.45, 2.75) is 24.9 Å². The molecule has 0 unspecified atom stereocenters. The molecule has 0 spiro atoms. The molecule has 2 aromatic carbocycles. The van der Waals surface area contributed by atoms with Crippen molar-refractivity contribution in [2.24, 2.45) is 0 Å². The van der Waals surface area contributed by atoms with Gasteiger partial charge in [-0.2, -0.15) is 0 Å². The SMILES string of the molecule is CCc1ccc2[nH]c3nc(SCC(=O)N4CCc5ccccc54)nnc3c2c1. The third-order valence-electron chi connectivity index (χ3n) is 5.18. The van der Waals surface area contributed by atoms with E-state index in [0.717, 1.165) is 41.5 Å². The third-order valence-corrected chi connectivity index (χ3v) is 6.00. The Morgan fingerprint density at radius 2 is 2.11 bits per heavy atom. The Hall–Kier alpha value is -2.93. The molecule has 0 aliphatic carbocycles. The highest BCUT2D eigenvalue weighted by Crippen LogP contribution is 2.29. The van der Waals surface area contributed by atoms with Gasteiger partial charge in [0.05, 0.1) is 5.75 Å². The van der Waals surface area contributed by atoms with Gasteiger partial charge in [-0.3, -0.25) is 4.79 Å². The first-order valence-corrected chi connectivity index (χ1v) is 10.4. The number of carbonyl (C=O) groups is 1. The molecule has 0 saturated carbocycles. The molecule has 0 fully saturated rings. The molecule has 7 heteroatoms. The number of para-hydroxylation sites is 1. The molecule has 0 radical (unpaired) electrons. The molecular formula is C21H19N5OS. The van der Waals surface area contributed by atoms with Gasteiger partial charge in [0, 0.05) is 23.1 Å². The first kappa shape index (κ1) is 17.2. The summed E-state index contributed by atoms with van der Waals surface area (Å²) in [5.74, 6) is 0.365. The second-order valence-corrected chi connectivity index (χ2v) is 7.81. The summed E-state index contributed by atoms with van der Waals surface area (Å²) in [4.78, 5) is 22.4. The van der Waals surface area contributed by atoms with E-state index < -0.39 is 0 Å². The van der Waals surface area contributed by atoms with Crippen LogP contribution in [-0.2, 0) is 17.6 Å². The zero-order valence-corrected chi connectivity index (χ0v) is 16.3. The highest BCUT2D eigenvalue weighted by atomic mass is 32.2.